The third-order valence-electron chi connectivity index (χ3n) is 4.05. The summed E-state index contributed by atoms with van der Waals surface area (Å²) >= 11 is 0. The van der Waals surface area contributed by atoms with Gasteiger partial charge in [-0.3, -0.25) is 9.78 Å². The molecule has 0 unspecified atom stereocenters. The zero-order valence-electron chi connectivity index (χ0n) is 13.4. The standard InChI is InChI=1S/C18H16N4O3/c23-18(14-8-12-4-1-2-6-15(12)24-11-14)20-10-16-21-17(22-25-16)13-5-3-7-19-9-13/h1-7,9,14H,8,10-11H2,(H,20,23)/t14-/m1/s1. The number of rotatable bonds is 4. The zero-order valence-corrected chi connectivity index (χ0v) is 13.4. The molecule has 2 aromatic heterocycles. The van der Waals surface area contributed by atoms with E-state index >= 15 is 0 Å². The van der Waals surface area contributed by atoms with E-state index in [9.17, 15) is 4.79 Å². The second-order valence-corrected chi connectivity index (χ2v) is 5.79. The zero-order chi connectivity index (χ0) is 17.1. The highest BCUT2D eigenvalue weighted by atomic mass is 16.5. The largest absolute Gasteiger partial charge is 0.492 e. The van der Waals surface area contributed by atoms with Crippen LogP contribution in [0.25, 0.3) is 11.4 Å². The van der Waals surface area contributed by atoms with Gasteiger partial charge in [0.1, 0.15) is 12.4 Å². The highest BCUT2D eigenvalue weighted by Gasteiger charge is 2.25. The summed E-state index contributed by atoms with van der Waals surface area (Å²) in [5.41, 5.74) is 1.81. The van der Waals surface area contributed by atoms with Gasteiger partial charge in [0.2, 0.25) is 17.6 Å². The number of nitrogens with zero attached hydrogens (tertiary/aromatic N) is 3. The van der Waals surface area contributed by atoms with Gasteiger partial charge >= 0.3 is 0 Å². The lowest BCUT2D eigenvalue weighted by Crippen LogP contribution is -2.37. The van der Waals surface area contributed by atoms with E-state index in [1.807, 2.05) is 30.3 Å². The average Bonchev–Trinajstić information content (AvgIpc) is 3.15. The molecule has 1 amide bonds. The number of para-hydroxylation sites is 1. The van der Waals surface area contributed by atoms with E-state index in [4.69, 9.17) is 9.26 Å². The van der Waals surface area contributed by atoms with Gasteiger partial charge in [0.25, 0.3) is 0 Å². The quantitative estimate of drug-likeness (QED) is 0.784. The highest BCUT2D eigenvalue weighted by molar-refractivity contribution is 5.79. The van der Waals surface area contributed by atoms with Crippen molar-refractivity contribution in [1.82, 2.24) is 20.4 Å². The van der Waals surface area contributed by atoms with Crippen molar-refractivity contribution in [1.29, 1.82) is 0 Å². The predicted molar refractivity (Wildman–Crippen MR) is 88.5 cm³/mol. The molecular formula is C18H16N4O3. The molecule has 0 saturated carbocycles. The lowest BCUT2D eigenvalue weighted by Gasteiger charge is -2.24. The van der Waals surface area contributed by atoms with Crippen LogP contribution in [0.5, 0.6) is 5.75 Å². The second-order valence-electron chi connectivity index (χ2n) is 5.79. The van der Waals surface area contributed by atoms with Crippen LogP contribution in [0.3, 0.4) is 0 Å². The van der Waals surface area contributed by atoms with E-state index in [0.29, 0.717) is 24.7 Å². The lowest BCUT2D eigenvalue weighted by atomic mass is 9.96. The summed E-state index contributed by atoms with van der Waals surface area (Å²) in [6.07, 6.45) is 3.99. The van der Waals surface area contributed by atoms with E-state index in [1.165, 1.54) is 0 Å². The van der Waals surface area contributed by atoms with Gasteiger partial charge in [-0.05, 0) is 30.2 Å². The molecular weight excluding hydrogens is 320 g/mol. The molecule has 1 atom stereocenters. The maximum atomic E-state index is 12.4. The number of hydrogen-bond donors (Lipinski definition) is 1. The molecule has 3 heterocycles. The molecule has 1 aliphatic heterocycles. The van der Waals surface area contributed by atoms with Gasteiger partial charge in [-0.25, -0.2) is 0 Å². The van der Waals surface area contributed by atoms with Gasteiger partial charge in [0, 0.05) is 18.0 Å². The van der Waals surface area contributed by atoms with Crippen molar-refractivity contribution < 1.29 is 14.1 Å². The summed E-state index contributed by atoms with van der Waals surface area (Å²) in [5.74, 6) is 1.34. The number of benzene rings is 1. The van der Waals surface area contributed by atoms with Crippen LogP contribution < -0.4 is 10.1 Å². The van der Waals surface area contributed by atoms with Crippen LogP contribution in [0.15, 0.2) is 53.3 Å². The van der Waals surface area contributed by atoms with Crippen molar-refractivity contribution >= 4 is 5.91 Å². The first-order valence-corrected chi connectivity index (χ1v) is 8.01. The van der Waals surface area contributed by atoms with Gasteiger partial charge in [-0.15, -0.1) is 0 Å². The van der Waals surface area contributed by atoms with Gasteiger partial charge in [-0.2, -0.15) is 4.98 Å². The fraction of sp³-hybridized carbons (Fsp3) is 0.222. The molecule has 3 aromatic rings. The summed E-state index contributed by atoms with van der Waals surface area (Å²) in [7, 11) is 0. The number of amides is 1. The minimum atomic E-state index is -0.226. The average molecular weight is 336 g/mol. The SMILES string of the molecule is O=C(NCc1nc(-c2cccnc2)no1)[C@H]1COc2ccccc2C1. The van der Waals surface area contributed by atoms with Crippen LogP contribution in [-0.4, -0.2) is 27.6 Å². The van der Waals surface area contributed by atoms with E-state index in [1.54, 1.807) is 18.5 Å². The molecule has 0 saturated heterocycles. The highest BCUT2D eigenvalue weighted by Crippen LogP contribution is 2.26. The van der Waals surface area contributed by atoms with Gasteiger partial charge in [0.05, 0.1) is 12.5 Å². The Morgan fingerprint density at radius 2 is 2.16 bits per heavy atom. The summed E-state index contributed by atoms with van der Waals surface area (Å²) in [4.78, 5) is 20.7. The van der Waals surface area contributed by atoms with Crippen molar-refractivity contribution in [3.05, 3.63) is 60.2 Å². The van der Waals surface area contributed by atoms with Crippen molar-refractivity contribution in [2.45, 2.75) is 13.0 Å². The molecule has 126 valence electrons. The monoisotopic (exact) mass is 336 g/mol. The number of carbonyl (C=O) groups excluding carboxylic acids is 1. The Morgan fingerprint density at radius 1 is 1.24 bits per heavy atom. The molecule has 7 nitrogen and oxygen atoms in total. The Morgan fingerprint density at radius 3 is 3.04 bits per heavy atom. The number of aromatic nitrogens is 3. The number of carbonyl (C=O) groups is 1. The summed E-state index contributed by atoms with van der Waals surface area (Å²) in [6.45, 7) is 0.553. The first kappa shape index (κ1) is 15.3. The first-order valence-electron chi connectivity index (χ1n) is 8.01. The number of ether oxygens (including phenoxy) is 1. The fourth-order valence-corrected chi connectivity index (χ4v) is 2.74. The molecule has 1 aromatic carbocycles. The molecule has 7 heteroatoms. The molecule has 1 aliphatic rings. The minimum Gasteiger partial charge on any atom is -0.492 e. The maximum Gasteiger partial charge on any atom is 0.246 e. The molecule has 0 aliphatic carbocycles. The summed E-state index contributed by atoms with van der Waals surface area (Å²) < 4.78 is 10.8. The minimum absolute atomic E-state index is 0.0874. The Balaban J connectivity index is 1.36. The molecule has 25 heavy (non-hydrogen) atoms. The van der Waals surface area contributed by atoms with Crippen LogP contribution in [0.1, 0.15) is 11.5 Å². The smallest absolute Gasteiger partial charge is 0.246 e. The van der Waals surface area contributed by atoms with Crippen molar-refractivity contribution in [2.24, 2.45) is 5.92 Å². The van der Waals surface area contributed by atoms with Crippen LogP contribution in [-0.2, 0) is 17.8 Å². The molecule has 4 rings (SSSR count). The van der Waals surface area contributed by atoms with Gasteiger partial charge in [-0.1, -0.05) is 23.4 Å². The van der Waals surface area contributed by atoms with E-state index < -0.39 is 0 Å². The Kier molecular flexibility index (Phi) is 4.12. The van der Waals surface area contributed by atoms with Gasteiger partial charge < -0.3 is 14.6 Å². The van der Waals surface area contributed by atoms with Crippen molar-refractivity contribution in [3.8, 4) is 17.1 Å². The van der Waals surface area contributed by atoms with E-state index in [0.717, 1.165) is 16.9 Å². The predicted octanol–water partition coefficient (Wildman–Crippen LogP) is 2.00. The molecule has 0 bridgehead atoms. The fourth-order valence-electron chi connectivity index (χ4n) is 2.74. The van der Waals surface area contributed by atoms with Gasteiger partial charge in [0.15, 0.2) is 0 Å². The summed E-state index contributed by atoms with van der Waals surface area (Å²) in [6, 6.07) is 11.4. The first-order chi connectivity index (χ1) is 12.3. The number of hydrogen-bond acceptors (Lipinski definition) is 6. The van der Waals surface area contributed by atoms with Crippen LogP contribution >= 0.6 is 0 Å². The third kappa shape index (κ3) is 3.35. The molecule has 0 radical (unpaired) electrons. The van der Waals surface area contributed by atoms with Crippen LogP contribution in [0.2, 0.25) is 0 Å². The normalized spacial score (nSPS) is 15.9. The second kappa shape index (κ2) is 6.72. The third-order valence-corrected chi connectivity index (χ3v) is 4.05. The van der Waals surface area contributed by atoms with Crippen LogP contribution in [0.4, 0.5) is 0 Å². The summed E-state index contributed by atoms with van der Waals surface area (Å²) in [5, 5.41) is 6.74. The van der Waals surface area contributed by atoms with E-state index in [-0.39, 0.29) is 18.4 Å². The number of pyridine rings is 1. The molecule has 0 spiro atoms. The molecule has 1 N–H and O–H groups in total. The van der Waals surface area contributed by atoms with Crippen molar-refractivity contribution in [3.63, 3.8) is 0 Å². The topological polar surface area (TPSA) is 90.1 Å². The number of fused-ring (bicyclic) bond motifs is 1. The van der Waals surface area contributed by atoms with Crippen molar-refractivity contribution in [2.75, 3.05) is 6.61 Å². The Bertz CT molecular complexity index is 879. The Labute approximate surface area is 144 Å². The number of nitrogens with one attached hydrogen (secondary N) is 1. The molecule has 0 fully saturated rings. The van der Waals surface area contributed by atoms with E-state index in [2.05, 4.69) is 20.4 Å². The Hall–Kier alpha value is -3.22. The van der Waals surface area contributed by atoms with Crippen LogP contribution in [0, 0.1) is 5.92 Å². The maximum absolute atomic E-state index is 12.4. The lowest BCUT2D eigenvalue weighted by molar-refractivity contribution is -0.126.